The molecule has 0 spiro atoms. The van der Waals surface area contributed by atoms with E-state index in [1.165, 1.54) is 0 Å². The highest BCUT2D eigenvalue weighted by molar-refractivity contribution is 6.00. The molecule has 3 aromatic heterocycles. The average Bonchev–Trinajstić information content (AvgIpc) is 3.31. The molecule has 0 radical (unpaired) electrons. The number of hydrogen-bond donors (Lipinski definition) is 4. The largest absolute Gasteiger partial charge is 0.378 e. The Morgan fingerprint density at radius 2 is 1.95 bits per heavy atom. The number of halogens is 1. The SMILES string of the molecule is NC(=O)c1cc(F)c(N[C@@H]2CCCC[C@@H]2N)nc1Nc1ccnc2c1ccn2CC(=O)N1CCOCC1. The number of aromatic nitrogens is 3. The van der Waals surface area contributed by atoms with Crippen molar-refractivity contribution in [2.24, 2.45) is 11.5 Å². The Kier molecular flexibility index (Phi) is 7.19. The van der Waals surface area contributed by atoms with Crippen LogP contribution in [-0.4, -0.2) is 69.6 Å². The number of fused-ring (bicyclic) bond motifs is 1. The topological polar surface area (TPSA) is 153 Å². The van der Waals surface area contributed by atoms with E-state index in [0.717, 1.165) is 31.7 Å². The fourth-order valence-electron chi connectivity index (χ4n) is 4.90. The number of nitrogens with two attached hydrogens (primary N) is 2. The maximum atomic E-state index is 14.9. The van der Waals surface area contributed by atoms with Crippen LogP contribution in [0, 0.1) is 5.82 Å². The summed E-state index contributed by atoms with van der Waals surface area (Å²) < 4.78 is 22.0. The number of nitrogens with zero attached hydrogens (tertiary/aromatic N) is 4. The van der Waals surface area contributed by atoms with Gasteiger partial charge in [-0.05, 0) is 31.0 Å². The van der Waals surface area contributed by atoms with E-state index in [-0.39, 0.29) is 41.7 Å². The van der Waals surface area contributed by atoms with E-state index in [1.807, 2.05) is 6.07 Å². The van der Waals surface area contributed by atoms with Crippen LogP contribution < -0.4 is 22.1 Å². The zero-order chi connectivity index (χ0) is 25.9. The molecule has 2 amide bonds. The first kappa shape index (κ1) is 24.9. The smallest absolute Gasteiger partial charge is 0.252 e. The number of amides is 2. The van der Waals surface area contributed by atoms with Crippen molar-refractivity contribution in [2.75, 3.05) is 36.9 Å². The Morgan fingerprint density at radius 1 is 1.16 bits per heavy atom. The molecule has 6 N–H and O–H groups in total. The summed E-state index contributed by atoms with van der Waals surface area (Å²) >= 11 is 0. The zero-order valence-corrected chi connectivity index (χ0v) is 20.5. The van der Waals surface area contributed by atoms with Gasteiger partial charge in [0.2, 0.25) is 5.91 Å². The summed E-state index contributed by atoms with van der Waals surface area (Å²) in [5, 5.41) is 6.95. The molecule has 4 heterocycles. The Morgan fingerprint density at radius 3 is 2.70 bits per heavy atom. The number of morpholine rings is 1. The van der Waals surface area contributed by atoms with Crippen LogP contribution in [0.4, 0.5) is 21.7 Å². The van der Waals surface area contributed by atoms with Crippen LogP contribution in [0.15, 0.2) is 30.6 Å². The van der Waals surface area contributed by atoms with Gasteiger partial charge in [0.1, 0.15) is 18.0 Å². The standard InChI is InChI=1S/C25H31FN8O3/c26-17-13-16(22(28)36)23(32-24(17)31-20-4-2-1-3-18(20)27)30-19-5-7-29-25-15(19)6-8-34(25)14-21(35)33-9-11-37-12-10-33/h5-8,13,18,20H,1-4,9-12,14,27H2,(H2,28,36)(H2,29,30,31,32)/t18-,20+/m0/s1. The monoisotopic (exact) mass is 510 g/mol. The van der Waals surface area contributed by atoms with Gasteiger partial charge < -0.3 is 36.3 Å². The summed E-state index contributed by atoms with van der Waals surface area (Å²) in [6.45, 7) is 2.32. The molecule has 196 valence electrons. The van der Waals surface area contributed by atoms with Crippen LogP contribution >= 0.6 is 0 Å². The number of primary amides is 1. The molecular weight excluding hydrogens is 479 g/mol. The van der Waals surface area contributed by atoms with E-state index in [9.17, 15) is 14.0 Å². The van der Waals surface area contributed by atoms with Crippen LogP contribution in [0.25, 0.3) is 11.0 Å². The molecule has 1 aliphatic carbocycles. The second-order valence-electron chi connectivity index (χ2n) is 9.44. The maximum Gasteiger partial charge on any atom is 0.252 e. The minimum atomic E-state index is -0.811. The first-order valence-corrected chi connectivity index (χ1v) is 12.5. The normalized spacial score (nSPS) is 20.1. The molecule has 0 unspecified atom stereocenters. The number of carbonyl (C=O) groups excluding carboxylic acids is 2. The van der Waals surface area contributed by atoms with E-state index in [2.05, 4.69) is 20.6 Å². The third-order valence-corrected chi connectivity index (χ3v) is 6.97. The van der Waals surface area contributed by atoms with E-state index < -0.39 is 11.7 Å². The highest BCUT2D eigenvalue weighted by atomic mass is 19.1. The van der Waals surface area contributed by atoms with E-state index in [1.54, 1.807) is 27.9 Å². The first-order valence-electron chi connectivity index (χ1n) is 12.5. The lowest BCUT2D eigenvalue weighted by Crippen LogP contribution is -2.43. The summed E-state index contributed by atoms with van der Waals surface area (Å²) in [4.78, 5) is 35.5. The van der Waals surface area contributed by atoms with Crippen LogP contribution in [0.5, 0.6) is 0 Å². The highest BCUT2D eigenvalue weighted by Crippen LogP contribution is 2.30. The number of carbonyl (C=O) groups is 2. The lowest BCUT2D eigenvalue weighted by Gasteiger charge is -2.30. The minimum absolute atomic E-state index is 0.00817. The van der Waals surface area contributed by atoms with Crippen molar-refractivity contribution in [3.05, 3.63) is 42.0 Å². The lowest BCUT2D eigenvalue weighted by molar-refractivity contribution is -0.135. The van der Waals surface area contributed by atoms with Gasteiger partial charge in [0.15, 0.2) is 11.6 Å². The predicted octanol–water partition coefficient (Wildman–Crippen LogP) is 1.95. The number of nitrogens with one attached hydrogen (secondary N) is 2. The summed E-state index contributed by atoms with van der Waals surface area (Å²) in [6.07, 6.45) is 7.07. The maximum absolute atomic E-state index is 14.9. The van der Waals surface area contributed by atoms with Gasteiger partial charge in [-0.25, -0.2) is 14.4 Å². The van der Waals surface area contributed by atoms with Crippen LogP contribution in [0.1, 0.15) is 36.0 Å². The number of pyridine rings is 2. The van der Waals surface area contributed by atoms with E-state index in [4.69, 9.17) is 16.2 Å². The van der Waals surface area contributed by atoms with Gasteiger partial charge in [0, 0.05) is 43.0 Å². The lowest BCUT2D eigenvalue weighted by atomic mass is 9.91. The summed E-state index contributed by atoms with van der Waals surface area (Å²) in [5.41, 5.74) is 12.9. The Balaban J connectivity index is 1.42. The Bertz CT molecular complexity index is 1310. The van der Waals surface area contributed by atoms with Gasteiger partial charge in [-0.3, -0.25) is 9.59 Å². The summed E-state index contributed by atoms with van der Waals surface area (Å²) in [6, 6.07) is 4.40. The first-order chi connectivity index (χ1) is 17.9. The molecule has 11 nitrogen and oxygen atoms in total. The van der Waals surface area contributed by atoms with Crippen molar-refractivity contribution in [1.82, 2.24) is 19.4 Å². The number of ether oxygens (including phenoxy) is 1. The van der Waals surface area contributed by atoms with Gasteiger partial charge >= 0.3 is 0 Å². The van der Waals surface area contributed by atoms with Gasteiger partial charge in [0.05, 0.1) is 24.5 Å². The minimum Gasteiger partial charge on any atom is -0.378 e. The molecular formula is C25H31FN8O3. The van der Waals surface area contributed by atoms with Gasteiger partial charge in [0.25, 0.3) is 5.91 Å². The van der Waals surface area contributed by atoms with Crippen molar-refractivity contribution in [3.8, 4) is 0 Å². The molecule has 2 fully saturated rings. The molecule has 1 saturated carbocycles. The molecule has 5 rings (SSSR count). The van der Waals surface area contributed by atoms with Crippen LogP contribution in [-0.2, 0) is 16.1 Å². The molecule has 1 aliphatic heterocycles. The fourth-order valence-corrected chi connectivity index (χ4v) is 4.90. The third-order valence-electron chi connectivity index (χ3n) is 6.97. The number of hydrogen-bond acceptors (Lipinski definition) is 8. The molecule has 12 heteroatoms. The van der Waals surface area contributed by atoms with Gasteiger partial charge in [-0.2, -0.15) is 0 Å². The molecule has 0 aromatic carbocycles. The highest BCUT2D eigenvalue weighted by Gasteiger charge is 2.25. The Hall–Kier alpha value is -3.77. The summed E-state index contributed by atoms with van der Waals surface area (Å²) in [5.74, 6) is -1.38. The fraction of sp³-hybridized carbons (Fsp3) is 0.440. The van der Waals surface area contributed by atoms with Crippen molar-refractivity contribution in [2.45, 2.75) is 44.3 Å². The predicted molar refractivity (Wildman–Crippen MR) is 137 cm³/mol. The van der Waals surface area contributed by atoms with Crippen molar-refractivity contribution in [3.63, 3.8) is 0 Å². The molecule has 37 heavy (non-hydrogen) atoms. The quantitative estimate of drug-likeness (QED) is 0.376. The molecule has 3 aromatic rings. The second-order valence-corrected chi connectivity index (χ2v) is 9.44. The van der Waals surface area contributed by atoms with Crippen molar-refractivity contribution < 1.29 is 18.7 Å². The summed E-state index contributed by atoms with van der Waals surface area (Å²) in [7, 11) is 0. The number of anilines is 3. The molecule has 0 bridgehead atoms. The van der Waals surface area contributed by atoms with E-state index >= 15 is 0 Å². The van der Waals surface area contributed by atoms with Crippen molar-refractivity contribution in [1.29, 1.82) is 0 Å². The molecule has 2 atom stereocenters. The number of rotatable bonds is 7. The van der Waals surface area contributed by atoms with Gasteiger partial charge in [-0.15, -0.1) is 0 Å². The molecule has 2 aliphatic rings. The molecule has 1 saturated heterocycles. The van der Waals surface area contributed by atoms with Crippen molar-refractivity contribution >= 4 is 40.2 Å². The van der Waals surface area contributed by atoms with E-state index in [0.29, 0.717) is 43.0 Å². The second kappa shape index (κ2) is 10.7. The van der Waals surface area contributed by atoms with Crippen LogP contribution in [0.2, 0.25) is 0 Å². The third kappa shape index (κ3) is 5.35. The zero-order valence-electron chi connectivity index (χ0n) is 20.5. The van der Waals surface area contributed by atoms with Crippen LogP contribution in [0.3, 0.4) is 0 Å². The van der Waals surface area contributed by atoms with Gasteiger partial charge in [-0.1, -0.05) is 12.8 Å². The Labute approximate surface area is 213 Å². The average molecular weight is 511 g/mol.